The number of hydrogen-bond acceptors (Lipinski definition) is 1. The second-order valence-electron chi connectivity index (χ2n) is 4.01. The van der Waals surface area contributed by atoms with Gasteiger partial charge in [0.25, 0.3) is 5.91 Å². The molecule has 0 saturated carbocycles. The zero-order valence-electron chi connectivity index (χ0n) is 10.4. The third kappa shape index (κ3) is 2.72. The molecule has 106 valence electrons. The molecule has 0 aliphatic rings. The number of amides is 1. The molecule has 1 N–H and O–H groups in total. The quantitative estimate of drug-likeness (QED) is 0.839. The number of rotatable bonds is 3. The minimum absolute atomic E-state index is 0.281. The smallest absolute Gasteiger partial charge is 0.272 e. The van der Waals surface area contributed by atoms with E-state index in [4.69, 9.17) is 0 Å². The molecule has 7 heteroatoms. The van der Waals surface area contributed by atoms with E-state index in [-0.39, 0.29) is 5.69 Å². The predicted molar refractivity (Wildman–Crippen MR) is 72.1 cm³/mol. The summed E-state index contributed by atoms with van der Waals surface area (Å²) in [7, 11) is 0. The zero-order valence-corrected chi connectivity index (χ0v) is 12.0. The van der Waals surface area contributed by atoms with Gasteiger partial charge >= 0.3 is 0 Å². The summed E-state index contributed by atoms with van der Waals surface area (Å²) in [6.45, 7) is 2.37. The number of aryl methyl sites for hydroxylation is 1. The number of carbonyl (C=O) groups is 1. The third-order valence-corrected chi connectivity index (χ3v) is 3.15. The third-order valence-electron chi connectivity index (χ3n) is 2.72. The molecule has 0 spiro atoms. The summed E-state index contributed by atoms with van der Waals surface area (Å²) >= 11 is 3.23. The normalized spacial score (nSPS) is 10.7. The Morgan fingerprint density at radius 2 is 2.00 bits per heavy atom. The maximum atomic E-state index is 13.5. The standard InChI is InChI=1S/C13H10BrF3N2O/c1-2-19-6-7(14)5-10(19)13(20)18-9-4-3-8(15)11(16)12(9)17/h3-6H,2H2,1H3,(H,18,20). The van der Waals surface area contributed by atoms with Crippen LogP contribution in [0.25, 0.3) is 0 Å². The summed E-state index contributed by atoms with van der Waals surface area (Å²) in [6, 6.07) is 3.28. The van der Waals surface area contributed by atoms with Crippen LogP contribution in [-0.4, -0.2) is 10.5 Å². The molecule has 1 heterocycles. The molecule has 0 aliphatic carbocycles. The summed E-state index contributed by atoms with van der Waals surface area (Å²) in [5.74, 6) is -4.95. The number of hydrogen-bond donors (Lipinski definition) is 1. The average Bonchev–Trinajstić information content (AvgIpc) is 2.80. The first-order valence-electron chi connectivity index (χ1n) is 5.74. The van der Waals surface area contributed by atoms with Crippen molar-refractivity contribution in [3.8, 4) is 0 Å². The Balaban J connectivity index is 2.30. The molecule has 0 unspecified atom stereocenters. The predicted octanol–water partition coefficient (Wildman–Crippen LogP) is 3.94. The molecular formula is C13H10BrF3N2O. The number of carbonyl (C=O) groups excluding carboxylic acids is 1. The van der Waals surface area contributed by atoms with Crippen molar-refractivity contribution in [2.24, 2.45) is 0 Å². The van der Waals surface area contributed by atoms with Gasteiger partial charge in [0, 0.05) is 17.2 Å². The number of anilines is 1. The summed E-state index contributed by atoms with van der Waals surface area (Å²) in [5.41, 5.74) is -0.127. The van der Waals surface area contributed by atoms with Crippen LogP contribution in [0.4, 0.5) is 18.9 Å². The summed E-state index contributed by atoms with van der Waals surface area (Å²) < 4.78 is 41.7. The van der Waals surface area contributed by atoms with Crippen LogP contribution in [0, 0.1) is 17.5 Å². The van der Waals surface area contributed by atoms with Crippen LogP contribution in [0.2, 0.25) is 0 Å². The fraction of sp³-hybridized carbons (Fsp3) is 0.154. The summed E-state index contributed by atoms with van der Waals surface area (Å²) in [6.07, 6.45) is 1.69. The van der Waals surface area contributed by atoms with E-state index in [2.05, 4.69) is 21.2 Å². The maximum absolute atomic E-state index is 13.5. The van der Waals surface area contributed by atoms with Crippen LogP contribution < -0.4 is 5.32 Å². The summed E-state index contributed by atoms with van der Waals surface area (Å²) in [5, 5.41) is 2.22. The highest BCUT2D eigenvalue weighted by atomic mass is 79.9. The van der Waals surface area contributed by atoms with E-state index in [1.54, 1.807) is 16.8 Å². The first-order valence-corrected chi connectivity index (χ1v) is 6.53. The minimum atomic E-state index is -1.62. The van der Waals surface area contributed by atoms with Crippen molar-refractivity contribution in [3.05, 3.63) is 52.0 Å². The average molecular weight is 347 g/mol. The fourth-order valence-electron chi connectivity index (χ4n) is 1.74. The van der Waals surface area contributed by atoms with E-state index < -0.39 is 29.0 Å². The van der Waals surface area contributed by atoms with E-state index in [1.165, 1.54) is 0 Å². The molecule has 0 aliphatic heterocycles. The molecule has 2 rings (SSSR count). The second-order valence-corrected chi connectivity index (χ2v) is 4.92. The van der Waals surface area contributed by atoms with Crippen molar-refractivity contribution < 1.29 is 18.0 Å². The van der Waals surface area contributed by atoms with E-state index in [1.807, 2.05) is 6.92 Å². The van der Waals surface area contributed by atoms with E-state index in [9.17, 15) is 18.0 Å². The molecule has 20 heavy (non-hydrogen) atoms. The number of halogens is 4. The molecule has 1 aromatic carbocycles. The number of nitrogens with zero attached hydrogens (tertiary/aromatic N) is 1. The largest absolute Gasteiger partial charge is 0.343 e. The lowest BCUT2D eigenvalue weighted by Crippen LogP contribution is -2.17. The van der Waals surface area contributed by atoms with Gasteiger partial charge in [0.15, 0.2) is 17.5 Å². The highest BCUT2D eigenvalue weighted by molar-refractivity contribution is 9.10. The van der Waals surface area contributed by atoms with Gasteiger partial charge < -0.3 is 9.88 Å². The SMILES string of the molecule is CCn1cc(Br)cc1C(=O)Nc1ccc(F)c(F)c1F. The lowest BCUT2D eigenvalue weighted by Gasteiger charge is -2.09. The van der Waals surface area contributed by atoms with Gasteiger partial charge in [0.2, 0.25) is 0 Å². The van der Waals surface area contributed by atoms with E-state index >= 15 is 0 Å². The van der Waals surface area contributed by atoms with Crippen LogP contribution in [0.15, 0.2) is 28.9 Å². The molecule has 0 fully saturated rings. The molecular weight excluding hydrogens is 337 g/mol. The van der Waals surface area contributed by atoms with Gasteiger partial charge in [-0.25, -0.2) is 13.2 Å². The van der Waals surface area contributed by atoms with Gasteiger partial charge in [-0.1, -0.05) is 0 Å². The van der Waals surface area contributed by atoms with Crippen LogP contribution in [0.5, 0.6) is 0 Å². The molecule has 0 saturated heterocycles. The Morgan fingerprint density at radius 3 is 2.65 bits per heavy atom. The van der Waals surface area contributed by atoms with Gasteiger partial charge in [0.1, 0.15) is 5.69 Å². The molecule has 0 atom stereocenters. The van der Waals surface area contributed by atoms with Gasteiger partial charge in [-0.3, -0.25) is 4.79 Å². The second kappa shape index (κ2) is 5.70. The van der Waals surface area contributed by atoms with Crippen LogP contribution >= 0.6 is 15.9 Å². The van der Waals surface area contributed by atoms with E-state index in [0.29, 0.717) is 11.0 Å². The van der Waals surface area contributed by atoms with Crippen molar-refractivity contribution in [1.82, 2.24) is 4.57 Å². The van der Waals surface area contributed by atoms with Crippen LogP contribution in [0.1, 0.15) is 17.4 Å². The first-order chi connectivity index (χ1) is 9.43. The van der Waals surface area contributed by atoms with Gasteiger partial charge in [-0.15, -0.1) is 0 Å². The molecule has 2 aromatic rings. The fourth-order valence-corrected chi connectivity index (χ4v) is 2.20. The lowest BCUT2D eigenvalue weighted by molar-refractivity contribution is 0.101. The Bertz CT molecular complexity index is 670. The highest BCUT2D eigenvalue weighted by Crippen LogP contribution is 2.21. The van der Waals surface area contributed by atoms with Crippen molar-refractivity contribution in [1.29, 1.82) is 0 Å². The molecule has 1 amide bonds. The zero-order chi connectivity index (χ0) is 14.9. The Morgan fingerprint density at radius 1 is 1.30 bits per heavy atom. The molecule has 3 nitrogen and oxygen atoms in total. The van der Waals surface area contributed by atoms with Crippen LogP contribution in [0.3, 0.4) is 0 Å². The molecule has 1 aromatic heterocycles. The van der Waals surface area contributed by atoms with E-state index in [0.717, 1.165) is 12.1 Å². The monoisotopic (exact) mass is 346 g/mol. The van der Waals surface area contributed by atoms with Gasteiger partial charge in [-0.2, -0.15) is 0 Å². The molecule has 0 radical (unpaired) electrons. The number of nitrogens with one attached hydrogen (secondary N) is 1. The number of benzene rings is 1. The topological polar surface area (TPSA) is 34.0 Å². The van der Waals surface area contributed by atoms with Crippen molar-refractivity contribution >= 4 is 27.5 Å². The van der Waals surface area contributed by atoms with Crippen molar-refractivity contribution in [3.63, 3.8) is 0 Å². The van der Waals surface area contributed by atoms with Gasteiger partial charge in [-0.05, 0) is 41.1 Å². The Hall–Kier alpha value is -1.76. The van der Waals surface area contributed by atoms with Gasteiger partial charge in [0.05, 0.1) is 5.69 Å². The minimum Gasteiger partial charge on any atom is -0.343 e. The number of aromatic nitrogens is 1. The van der Waals surface area contributed by atoms with Crippen LogP contribution in [-0.2, 0) is 6.54 Å². The molecule has 0 bridgehead atoms. The summed E-state index contributed by atoms with van der Waals surface area (Å²) in [4.78, 5) is 12.0. The highest BCUT2D eigenvalue weighted by Gasteiger charge is 2.18. The Kier molecular flexibility index (Phi) is 4.17. The van der Waals surface area contributed by atoms with Crippen molar-refractivity contribution in [2.75, 3.05) is 5.32 Å². The lowest BCUT2D eigenvalue weighted by atomic mass is 10.2. The van der Waals surface area contributed by atoms with Crippen molar-refractivity contribution in [2.45, 2.75) is 13.5 Å². The Labute approximate surface area is 121 Å². The first kappa shape index (κ1) is 14.6. The maximum Gasteiger partial charge on any atom is 0.272 e.